The van der Waals surface area contributed by atoms with E-state index in [1.54, 1.807) is 11.6 Å². The number of carboxylic acid groups (broad SMARTS) is 1. The van der Waals surface area contributed by atoms with Gasteiger partial charge in [-0.05, 0) is 29.7 Å². The lowest BCUT2D eigenvalue weighted by atomic mass is 10.1. The van der Waals surface area contributed by atoms with Gasteiger partial charge in [-0.15, -0.1) is 11.3 Å². The third kappa shape index (κ3) is 4.14. The second-order valence-corrected chi connectivity index (χ2v) is 6.19. The molecule has 1 heterocycles. The number of methoxy groups -OCH3 is 1. The Bertz CT molecular complexity index is 725. The highest BCUT2D eigenvalue weighted by Gasteiger charge is 2.18. The molecule has 1 amide bonds. The summed E-state index contributed by atoms with van der Waals surface area (Å²) in [5, 5.41) is 11.9. The van der Waals surface area contributed by atoms with Gasteiger partial charge in [-0.25, -0.2) is 9.78 Å². The molecule has 23 heavy (non-hydrogen) atoms. The lowest BCUT2D eigenvalue weighted by Gasteiger charge is -2.10. The predicted molar refractivity (Wildman–Crippen MR) is 88.3 cm³/mol. The summed E-state index contributed by atoms with van der Waals surface area (Å²) in [5.74, 6) is -1.21. The summed E-state index contributed by atoms with van der Waals surface area (Å²) in [6.45, 7) is 4.20. The molecular weight excluding hydrogens is 316 g/mol. The number of aromatic nitrogens is 1. The molecule has 0 atom stereocenters. The van der Waals surface area contributed by atoms with Gasteiger partial charge in [0.05, 0.1) is 23.4 Å². The Morgan fingerprint density at radius 1 is 1.35 bits per heavy atom. The average Bonchev–Trinajstić information content (AvgIpc) is 2.97. The lowest BCUT2D eigenvalue weighted by molar-refractivity contribution is 0.0696. The van der Waals surface area contributed by atoms with Crippen LogP contribution < -0.4 is 5.32 Å². The molecule has 2 rings (SSSR count). The molecule has 0 aliphatic carbocycles. The SMILES string of the molecule is COCc1cc(NC(=O)c2scnc2C(C)C)cc(C(=O)O)c1. The molecule has 122 valence electrons. The second-order valence-electron chi connectivity index (χ2n) is 5.33. The monoisotopic (exact) mass is 334 g/mol. The number of nitrogens with one attached hydrogen (secondary N) is 1. The molecule has 0 bridgehead atoms. The minimum Gasteiger partial charge on any atom is -0.478 e. The highest BCUT2D eigenvalue weighted by Crippen LogP contribution is 2.23. The summed E-state index contributed by atoms with van der Waals surface area (Å²) in [4.78, 5) is 28.4. The standard InChI is InChI=1S/C16H18N2O4S/c1-9(2)13-14(23-8-17-13)15(19)18-12-5-10(7-22-3)4-11(6-12)16(20)21/h4-6,8-9H,7H2,1-3H3,(H,18,19)(H,20,21). The number of anilines is 1. The van der Waals surface area contributed by atoms with Crippen LogP contribution in [0.1, 0.15) is 51.1 Å². The van der Waals surface area contributed by atoms with Crippen molar-refractivity contribution in [3.05, 3.63) is 45.4 Å². The third-order valence-corrected chi connectivity index (χ3v) is 4.00. The fraction of sp³-hybridized carbons (Fsp3) is 0.312. The van der Waals surface area contributed by atoms with Crippen molar-refractivity contribution in [1.82, 2.24) is 4.98 Å². The first-order valence-electron chi connectivity index (χ1n) is 7.03. The first-order chi connectivity index (χ1) is 10.9. The van der Waals surface area contributed by atoms with Crippen molar-refractivity contribution < 1.29 is 19.4 Å². The average molecular weight is 334 g/mol. The van der Waals surface area contributed by atoms with Gasteiger partial charge in [-0.3, -0.25) is 4.79 Å². The molecule has 6 nitrogen and oxygen atoms in total. The predicted octanol–water partition coefficient (Wildman–Crippen LogP) is 3.36. The fourth-order valence-electron chi connectivity index (χ4n) is 2.16. The zero-order valence-corrected chi connectivity index (χ0v) is 13.9. The van der Waals surface area contributed by atoms with Crippen LogP contribution in [-0.2, 0) is 11.3 Å². The summed E-state index contributed by atoms with van der Waals surface area (Å²) in [6, 6.07) is 4.65. The summed E-state index contributed by atoms with van der Waals surface area (Å²) in [7, 11) is 1.53. The van der Waals surface area contributed by atoms with Crippen LogP contribution in [0.5, 0.6) is 0 Å². The van der Waals surface area contributed by atoms with Crippen molar-refractivity contribution >= 4 is 28.9 Å². The van der Waals surface area contributed by atoms with Gasteiger partial charge < -0.3 is 15.2 Å². The molecule has 0 unspecified atom stereocenters. The molecular formula is C16H18N2O4S. The molecule has 1 aromatic carbocycles. The number of ether oxygens (including phenoxy) is 1. The topological polar surface area (TPSA) is 88.5 Å². The number of hydrogen-bond donors (Lipinski definition) is 2. The van der Waals surface area contributed by atoms with Crippen LogP contribution in [0.3, 0.4) is 0 Å². The van der Waals surface area contributed by atoms with Crippen LogP contribution in [0.25, 0.3) is 0 Å². The number of rotatable bonds is 6. The minimum atomic E-state index is -1.06. The molecule has 0 radical (unpaired) electrons. The number of benzene rings is 1. The molecule has 2 N–H and O–H groups in total. The summed E-state index contributed by atoms with van der Waals surface area (Å²) >= 11 is 1.27. The van der Waals surface area contributed by atoms with Crippen molar-refractivity contribution in [3.63, 3.8) is 0 Å². The number of carboxylic acids is 1. The van der Waals surface area contributed by atoms with Crippen molar-refractivity contribution in [3.8, 4) is 0 Å². The zero-order chi connectivity index (χ0) is 17.0. The van der Waals surface area contributed by atoms with E-state index in [0.717, 1.165) is 5.69 Å². The van der Waals surface area contributed by atoms with Gasteiger partial charge >= 0.3 is 5.97 Å². The number of carbonyl (C=O) groups excluding carboxylic acids is 1. The van der Waals surface area contributed by atoms with Crippen LogP contribution in [-0.4, -0.2) is 29.1 Å². The number of thiazole rings is 1. The molecule has 0 saturated carbocycles. The second kappa shape index (κ2) is 7.34. The highest BCUT2D eigenvalue weighted by molar-refractivity contribution is 7.12. The maximum absolute atomic E-state index is 12.4. The fourth-order valence-corrected chi connectivity index (χ4v) is 3.00. The van der Waals surface area contributed by atoms with E-state index in [4.69, 9.17) is 4.74 Å². The number of carbonyl (C=O) groups is 2. The molecule has 2 aromatic rings. The Hall–Kier alpha value is -2.25. The van der Waals surface area contributed by atoms with Gasteiger partial charge in [0.1, 0.15) is 4.88 Å². The van der Waals surface area contributed by atoms with E-state index < -0.39 is 5.97 Å². The quantitative estimate of drug-likeness (QED) is 0.845. The van der Waals surface area contributed by atoms with E-state index >= 15 is 0 Å². The molecule has 7 heteroatoms. The lowest BCUT2D eigenvalue weighted by Crippen LogP contribution is -2.14. The summed E-state index contributed by atoms with van der Waals surface area (Å²) in [5.41, 5.74) is 3.57. The van der Waals surface area contributed by atoms with Crippen molar-refractivity contribution in [2.24, 2.45) is 0 Å². The van der Waals surface area contributed by atoms with E-state index in [1.165, 1.54) is 30.6 Å². The van der Waals surface area contributed by atoms with Gasteiger partial charge in [0, 0.05) is 12.8 Å². The van der Waals surface area contributed by atoms with Gasteiger partial charge in [-0.1, -0.05) is 13.8 Å². The van der Waals surface area contributed by atoms with E-state index in [2.05, 4.69) is 10.3 Å². The van der Waals surface area contributed by atoms with E-state index in [0.29, 0.717) is 16.1 Å². The maximum Gasteiger partial charge on any atom is 0.335 e. The Labute approximate surface area is 138 Å². The first kappa shape index (κ1) is 17.1. The third-order valence-electron chi connectivity index (χ3n) is 3.16. The number of amides is 1. The molecule has 0 spiro atoms. The van der Waals surface area contributed by atoms with Crippen molar-refractivity contribution in [2.45, 2.75) is 26.4 Å². The smallest absolute Gasteiger partial charge is 0.335 e. The Balaban J connectivity index is 2.29. The Morgan fingerprint density at radius 3 is 2.70 bits per heavy atom. The largest absolute Gasteiger partial charge is 0.478 e. The molecule has 1 aromatic heterocycles. The maximum atomic E-state index is 12.4. The molecule has 0 saturated heterocycles. The van der Waals surface area contributed by atoms with Gasteiger partial charge in [-0.2, -0.15) is 0 Å². The van der Waals surface area contributed by atoms with Crippen LogP contribution in [0, 0.1) is 0 Å². The summed E-state index contributed by atoms with van der Waals surface area (Å²) in [6.07, 6.45) is 0. The van der Waals surface area contributed by atoms with Gasteiger partial charge in [0.2, 0.25) is 0 Å². The van der Waals surface area contributed by atoms with Crippen molar-refractivity contribution in [1.29, 1.82) is 0 Å². The molecule has 0 fully saturated rings. The van der Waals surface area contributed by atoms with Crippen LogP contribution in [0.4, 0.5) is 5.69 Å². The number of nitrogens with zero attached hydrogens (tertiary/aromatic N) is 1. The minimum absolute atomic E-state index is 0.100. The summed E-state index contributed by atoms with van der Waals surface area (Å²) < 4.78 is 5.03. The number of aromatic carboxylic acids is 1. The van der Waals surface area contributed by atoms with Crippen molar-refractivity contribution in [2.75, 3.05) is 12.4 Å². The highest BCUT2D eigenvalue weighted by atomic mass is 32.1. The normalized spacial score (nSPS) is 10.8. The van der Waals surface area contributed by atoms with Crippen LogP contribution in [0.2, 0.25) is 0 Å². The van der Waals surface area contributed by atoms with E-state index in [-0.39, 0.29) is 24.0 Å². The molecule has 0 aliphatic rings. The Morgan fingerprint density at radius 2 is 2.09 bits per heavy atom. The molecule has 0 aliphatic heterocycles. The van der Waals surface area contributed by atoms with E-state index in [1.807, 2.05) is 13.8 Å². The van der Waals surface area contributed by atoms with Crippen LogP contribution >= 0.6 is 11.3 Å². The van der Waals surface area contributed by atoms with Crippen LogP contribution in [0.15, 0.2) is 23.7 Å². The first-order valence-corrected chi connectivity index (χ1v) is 7.91. The van der Waals surface area contributed by atoms with Gasteiger partial charge in [0.15, 0.2) is 0 Å². The van der Waals surface area contributed by atoms with E-state index in [9.17, 15) is 14.7 Å². The Kier molecular flexibility index (Phi) is 5.46. The zero-order valence-electron chi connectivity index (χ0n) is 13.1. The number of hydrogen-bond acceptors (Lipinski definition) is 5. The van der Waals surface area contributed by atoms with Gasteiger partial charge in [0.25, 0.3) is 5.91 Å².